The molecule has 5 heavy (non-hydrogen) atoms. The van der Waals surface area contributed by atoms with Crippen LogP contribution in [0.1, 0.15) is 0 Å². The molecule has 0 spiro atoms. The third kappa shape index (κ3) is 3.14. The Kier molecular flexibility index (Phi) is 1.50. The molecule has 0 fully saturated rings. The summed E-state index contributed by atoms with van der Waals surface area (Å²) in [7, 11) is 0. The molecule has 0 aromatic heterocycles. The fourth-order valence-electron chi connectivity index (χ4n) is 0.0248. The van der Waals surface area contributed by atoms with Crippen LogP contribution in [0, 0.1) is 0 Å². The first-order valence-corrected chi connectivity index (χ1v) is 0.988. The first-order valence-electron chi connectivity index (χ1n) is 1.44. The van der Waals surface area contributed by atoms with E-state index in [-0.39, 0.29) is 18.1 Å². The van der Waals surface area contributed by atoms with Gasteiger partial charge in [0.2, 0.25) is 12.8 Å². The van der Waals surface area contributed by atoms with Crippen LogP contribution in [0.15, 0.2) is 0 Å². The lowest BCUT2D eigenvalue weighted by Crippen LogP contribution is -2.04. The molecule has 0 radical (unpaired) electrons. The molecule has 3 heteroatoms. The highest BCUT2D eigenvalue weighted by Gasteiger charge is 1.56. The summed E-state index contributed by atoms with van der Waals surface area (Å²) in [5, 5.41) is 0.139. The van der Waals surface area contributed by atoms with Gasteiger partial charge in [0.05, 0.1) is 0 Å². The number of rotatable bonds is 2. The second-order valence-electron chi connectivity index (χ2n) is 0.360. The number of hydrogen-bond donors (Lipinski definition) is 1. The Balaban J connectivity index is 3.21. The van der Waals surface area contributed by atoms with Crippen molar-refractivity contribution in [3.8, 4) is 0 Å². The number of amides is 2. The molecule has 0 saturated carbocycles. The van der Waals surface area contributed by atoms with Crippen LogP contribution in [0.3, 0.4) is 0 Å². The molecule has 0 atom stereocenters. The maximum Gasteiger partial charge on any atom is 0.213 e. The Labute approximate surface area is 30.4 Å². The fraction of sp³-hybridized carbons (Fsp3) is 0. The number of imide groups is 1. The quantitative estimate of drug-likeness (QED) is 0.422. The van der Waals surface area contributed by atoms with Gasteiger partial charge in [0, 0.05) is 0 Å². The Bertz CT molecular complexity index is 56.6. The predicted octanol–water partition coefficient (Wildman–Crippen LogP) is -1.11. The van der Waals surface area contributed by atoms with Crippen molar-refractivity contribution in [2.24, 2.45) is 0 Å². The lowest BCUT2D eigenvalue weighted by molar-refractivity contribution is -0.117. The van der Waals surface area contributed by atoms with Crippen LogP contribution >= 0.6 is 0 Å². The molecule has 0 saturated heterocycles. The molecule has 3 nitrogen and oxygen atoms in total. The maximum atomic E-state index is 9.24. The zero-order chi connectivity index (χ0) is 4.99. The van der Waals surface area contributed by atoms with Gasteiger partial charge in [-0.3, -0.25) is 9.59 Å². The second kappa shape index (κ2) is 3.14. The van der Waals surface area contributed by atoms with Gasteiger partial charge in [0.15, 0.2) is 1.41 Å². The average molecular weight is 74.1 g/mol. The molecule has 0 aromatic carbocycles. The van der Waals surface area contributed by atoms with Crippen LogP contribution in [-0.4, -0.2) is 12.8 Å². The molecular formula is C2H3NO2. The van der Waals surface area contributed by atoms with E-state index in [4.69, 9.17) is 1.41 Å². The van der Waals surface area contributed by atoms with Gasteiger partial charge >= 0.3 is 0 Å². The Hall–Kier alpha value is -0.860. The van der Waals surface area contributed by atoms with Gasteiger partial charge in [-0.25, -0.2) is 0 Å². The van der Waals surface area contributed by atoms with E-state index in [1.165, 1.54) is 0 Å². The number of carbonyl (C=O) groups is 2. The summed E-state index contributed by atoms with van der Waals surface area (Å²) in [6.07, 6.45) is 0.208. The van der Waals surface area contributed by atoms with Crippen molar-refractivity contribution >= 4 is 12.8 Å². The summed E-state index contributed by atoms with van der Waals surface area (Å²) < 4.78 is 6.17. The first kappa shape index (κ1) is 2.38. The normalized spacial score (nSPS) is 8.40. The fourth-order valence-corrected chi connectivity index (χ4v) is 0.0248. The van der Waals surface area contributed by atoms with Gasteiger partial charge in [0.25, 0.3) is 0 Å². The van der Waals surface area contributed by atoms with E-state index in [0.29, 0.717) is 0 Å². The van der Waals surface area contributed by atoms with E-state index in [9.17, 15) is 9.59 Å². The summed E-state index contributed by atoms with van der Waals surface area (Å²) in [5.41, 5.74) is 0. The maximum absolute atomic E-state index is 9.24. The van der Waals surface area contributed by atoms with E-state index >= 15 is 0 Å². The predicted molar refractivity (Wildman–Crippen MR) is 15.3 cm³/mol. The van der Waals surface area contributed by atoms with Crippen molar-refractivity contribution in [2.45, 2.75) is 0 Å². The Morgan fingerprint density at radius 1 is 1.60 bits per heavy atom. The number of hydrogen-bond acceptors (Lipinski definition) is 2. The van der Waals surface area contributed by atoms with Crippen LogP contribution in [0.4, 0.5) is 0 Å². The molecule has 0 bridgehead atoms. The van der Waals surface area contributed by atoms with Gasteiger partial charge in [0.1, 0.15) is 0 Å². The molecule has 0 rings (SSSR count). The Morgan fingerprint density at radius 3 is 2.00 bits per heavy atom. The summed E-state index contributed by atoms with van der Waals surface area (Å²) in [4.78, 5) is 18.5. The lowest BCUT2D eigenvalue weighted by Gasteiger charge is -1.64. The third-order valence-electron chi connectivity index (χ3n) is 0.122. The number of carbonyl (C=O) groups excluding carboxylic acids is 2. The summed E-state index contributed by atoms with van der Waals surface area (Å²) in [5.74, 6) is 0. The van der Waals surface area contributed by atoms with Crippen LogP contribution in [0.5, 0.6) is 0 Å². The topological polar surface area (TPSA) is 46.2 Å². The van der Waals surface area contributed by atoms with E-state index in [1.54, 1.807) is 0 Å². The SMILES string of the molecule is [2H]N(C=O)C=O. The van der Waals surface area contributed by atoms with Crippen molar-refractivity contribution in [3.63, 3.8) is 0 Å². The Morgan fingerprint density at radius 2 is 2.00 bits per heavy atom. The van der Waals surface area contributed by atoms with E-state index < -0.39 is 0 Å². The van der Waals surface area contributed by atoms with Crippen molar-refractivity contribution in [1.82, 2.24) is 5.31 Å². The van der Waals surface area contributed by atoms with E-state index in [0.717, 1.165) is 0 Å². The van der Waals surface area contributed by atoms with Crippen molar-refractivity contribution in [2.75, 3.05) is 0 Å². The van der Waals surface area contributed by atoms with Crippen LogP contribution in [0.25, 0.3) is 0 Å². The van der Waals surface area contributed by atoms with Crippen LogP contribution in [-0.2, 0) is 9.59 Å². The molecule has 0 aliphatic heterocycles. The molecule has 0 unspecified atom stereocenters. The van der Waals surface area contributed by atoms with Crippen LogP contribution < -0.4 is 5.31 Å². The van der Waals surface area contributed by atoms with Crippen molar-refractivity contribution in [3.05, 3.63) is 0 Å². The molecule has 1 N–H and O–H groups in total. The molecule has 2 amide bonds. The standard InChI is InChI=1S/C2H3NO2/c4-1-3-2-5/h1-2H,(H,3,4,5)/i/hD. The summed E-state index contributed by atoms with van der Waals surface area (Å²) in [6.45, 7) is 0. The first-order chi connectivity index (χ1) is 2.81. The van der Waals surface area contributed by atoms with E-state index in [1.807, 2.05) is 0 Å². The highest BCUT2D eigenvalue weighted by Crippen LogP contribution is 1.17. The largest absolute Gasteiger partial charge is 0.302 e. The molecular weight excluding hydrogens is 70.0 g/mol. The van der Waals surface area contributed by atoms with Gasteiger partial charge < -0.3 is 5.31 Å². The molecule has 0 aromatic rings. The minimum atomic E-state index is 0.104. The molecule has 0 aliphatic carbocycles. The second-order valence-corrected chi connectivity index (χ2v) is 0.360. The minimum absolute atomic E-state index is 0.104. The van der Waals surface area contributed by atoms with Gasteiger partial charge in [-0.05, 0) is 0 Å². The monoisotopic (exact) mass is 74.0 g/mol. The van der Waals surface area contributed by atoms with Gasteiger partial charge in [-0.2, -0.15) is 0 Å². The molecule has 0 heterocycles. The minimum Gasteiger partial charge on any atom is -0.302 e. The summed E-state index contributed by atoms with van der Waals surface area (Å²) >= 11 is 0. The van der Waals surface area contributed by atoms with Crippen LogP contribution in [0.2, 0.25) is 1.41 Å². The average Bonchev–Trinajstić information content (AvgIpc) is 1.65. The zero-order valence-electron chi connectivity index (χ0n) is 3.42. The molecule has 0 aliphatic rings. The van der Waals surface area contributed by atoms with Crippen molar-refractivity contribution < 1.29 is 11.0 Å². The summed E-state index contributed by atoms with van der Waals surface area (Å²) in [6, 6.07) is 0. The number of nitrogens with one attached hydrogen (secondary N) is 1. The highest BCUT2D eigenvalue weighted by molar-refractivity contribution is 5.67. The third-order valence-corrected chi connectivity index (χ3v) is 0.122. The lowest BCUT2D eigenvalue weighted by atomic mass is 11.2. The van der Waals surface area contributed by atoms with Gasteiger partial charge in [-0.1, -0.05) is 0 Å². The van der Waals surface area contributed by atoms with Crippen molar-refractivity contribution in [1.29, 1.82) is 0 Å². The molecule has 28 valence electrons. The highest BCUT2D eigenvalue weighted by atomic mass is 16.2. The van der Waals surface area contributed by atoms with E-state index in [2.05, 4.69) is 0 Å². The van der Waals surface area contributed by atoms with Gasteiger partial charge in [-0.15, -0.1) is 0 Å². The smallest absolute Gasteiger partial charge is 0.213 e. The zero-order valence-corrected chi connectivity index (χ0v) is 2.42.